The number of rotatable bonds is 5. The van der Waals surface area contributed by atoms with Crippen LogP contribution in [0.5, 0.6) is 5.75 Å². The van der Waals surface area contributed by atoms with Crippen LogP contribution in [0.1, 0.15) is 28.9 Å². The molecule has 0 saturated heterocycles. The van der Waals surface area contributed by atoms with E-state index in [2.05, 4.69) is 10.3 Å². The van der Waals surface area contributed by atoms with Crippen LogP contribution in [0.4, 0.5) is 0 Å². The van der Waals surface area contributed by atoms with E-state index in [1.807, 2.05) is 31.3 Å². The second kappa shape index (κ2) is 5.93. The predicted octanol–water partition coefficient (Wildman–Crippen LogP) is 2.43. The molecule has 0 aliphatic carbocycles. The molecule has 0 bridgehead atoms. The minimum Gasteiger partial charge on any atom is -0.493 e. The number of hydrogen-bond acceptors (Lipinski definition) is 4. The summed E-state index contributed by atoms with van der Waals surface area (Å²) in [4.78, 5) is 17.1. The summed E-state index contributed by atoms with van der Waals surface area (Å²) in [6.07, 6.45) is 4.05. The molecule has 0 aliphatic heterocycles. The first-order valence-electron chi connectivity index (χ1n) is 7.09. The van der Waals surface area contributed by atoms with E-state index in [1.165, 1.54) is 0 Å². The van der Waals surface area contributed by atoms with Crippen LogP contribution in [-0.4, -0.2) is 22.4 Å². The van der Waals surface area contributed by atoms with E-state index in [0.717, 1.165) is 5.69 Å². The highest BCUT2D eigenvalue weighted by Gasteiger charge is 2.20. The predicted molar refractivity (Wildman–Crippen MR) is 81.0 cm³/mol. The minimum atomic E-state index is -0.186. The fourth-order valence-corrected chi connectivity index (χ4v) is 2.40. The lowest BCUT2D eigenvalue weighted by Crippen LogP contribution is -2.25. The van der Waals surface area contributed by atoms with Gasteiger partial charge in [-0.05, 0) is 30.7 Å². The number of hydrogen-bond donors (Lipinski definition) is 1. The molecule has 0 spiro atoms. The Morgan fingerprint density at radius 3 is 2.95 bits per heavy atom. The average molecular weight is 299 g/mol. The highest BCUT2D eigenvalue weighted by Crippen LogP contribution is 2.22. The molecule has 0 fully saturated rings. The summed E-state index contributed by atoms with van der Waals surface area (Å²) < 4.78 is 12.3. The van der Waals surface area contributed by atoms with Crippen LogP contribution in [0, 0.1) is 0 Å². The van der Waals surface area contributed by atoms with E-state index < -0.39 is 0 Å². The maximum Gasteiger partial charge on any atom is 0.270 e. The molecule has 114 valence electrons. The average Bonchev–Trinajstić information content (AvgIpc) is 3.18. The van der Waals surface area contributed by atoms with Crippen LogP contribution in [0.15, 0.2) is 41.1 Å². The van der Waals surface area contributed by atoms with Gasteiger partial charge in [0, 0.05) is 6.20 Å². The van der Waals surface area contributed by atoms with Crippen LogP contribution in [-0.2, 0) is 13.0 Å². The van der Waals surface area contributed by atoms with Crippen LogP contribution in [0.2, 0.25) is 0 Å². The Morgan fingerprint density at radius 2 is 2.27 bits per heavy atom. The summed E-state index contributed by atoms with van der Waals surface area (Å²) >= 11 is 0. The molecule has 6 nitrogen and oxygen atoms in total. The van der Waals surface area contributed by atoms with Gasteiger partial charge in [-0.25, -0.2) is 4.98 Å². The molecule has 1 amide bonds. The zero-order valence-electron chi connectivity index (χ0n) is 12.5. The van der Waals surface area contributed by atoms with E-state index in [0.29, 0.717) is 35.8 Å². The first-order valence-corrected chi connectivity index (χ1v) is 7.09. The van der Waals surface area contributed by atoms with Crippen molar-refractivity contribution in [2.24, 2.45) is 0 Å². The van der Waals surface area contributed by atoms with Gasteiger partial charge in [-0.15, -0.1) is 0 Å². The number of carbonyl (C=O) groups is 1. The number of imidazole rings is 1. The Labute approximate surface area is 127 Å². The van der Waals surface area contributed by atoms with Gasteiger partial charge < -0.3 is 14.5 Å². The normalized spacial score (nSPS) is 10.8. The van der Waals surface area contributed by atoms with Crippen molar-refractivity contribution >= 4 is 11.6 Å². The van der Waals surface area contributed by atoms with Crippen molar-refractivity contribution in [2.45, 2.75) is 19.9 Å². The number of nitrogens with zero attached hydrogens (tertiary/aromatic N) is 2. The van der Waals surface area contributed by atoms with Crippen LogP contribution in [0.3, 0.4) is 0 Å². The molecular formula is C16H17N3O3. The Bertz CT molecular complexity index is 790. The number of pyridine rings is 1. The summed E-state index contributed by atoms with van der Waals surface area (Å²) in [6, 6.07) is 7.26. The maximum absolute atomic E-state index is 12.5. The standard InChI is InChI=1S/C16H17N3O3/c1-3-12-14(16(20)17-10-11-6-5-9-22-11)19-8-4-7-13(21-2)15(19)18-12/h4-9H,3,10H2,1-2H3,(H,17,20). The highest BCUT2D eigenvalue weighted by molar-refractivity contribution is 5.95. The number of aromatic nitrogens is 2. The lowest BCUT2D eigenvalue weighted by molar-refractivity contribution is 0.0941. The van der Waals surface area contributed by atoms with Gasteiger partial charge >= 0.3 is 0 Å². The number of carbonyl (C=O) groups excluding carboxylic acids is 1. The van der Waals surface area contributed by atoms with Gasteiger partial charge in [0.05, 0.1) is 25.6 Å². The van der Waals surface area contributed by atoms with E-state index in [9.17, 15) is 4.79 Å². The number of methoxy groups -OCH3 is 1. The molecule has 3 heterocycles. The fraction of sp³-hybridized carbons (Fsp3) is 0.250. The van der Waals surface area contributed by atoms with Gasteiger partial charge in [-0.2, -0.15) is 0 Å². The van der Waals surface area contributed by atoms with E-state index >= 15 is 0 Å². The third-order valence-corrected chi connectivity index (χ3v) is 3.46. The number of fused-ring (bicyclic) bond motifs is 1. The van der Waals surface area contributed by atoms with Gasteiger partial charge in [0.15, 0.2) is 11.4 Å². The second-order valence-electron chi connectivity index (χ2n) is 4.79. The zero-order valence-corrected chi connectivity index (χ0v) is 12.5. The lowest BCUT2D eigenvalue weighted by Gasteiger charge is -2.06. The lowest BCUT2D eigenvalue weighted by atomic mass is 10.2. The molecule has 0 atom stereocenters. The first-order chi connectivity index (χ1) is 10.7. The Hall–Kier alpha value is -2.76. The van der Waals surface area contributed by atoms with Gasteiger partial charge in [0.1, 0.15) is 11.5 Å². The summed E-state index contributed by atoms with van der Waals surface area (Å²) in [7, 11) is 1.59. The van der Waals surface area contributed by atoms with Gasteiger partial charge in [0.25, 0.3) is 5.91 Å². The highest BCUT2D eigenvalue weighted by atomic mass is 16.5. The van der Waals surface area contributed by atoms with Crippen molar-refractivity contribution in [3.63, 3.8) is 0 Å². The van der Waals surface area contributed by atoms with Gasteiger partial charge in [-0.1, -0.05) is 6.92 Å². The summed E-state index contributed by atoms with van der Waals surface area (Å²) in [6.45, 7) is 2.31. The van der Waals surface area contributed by atoms with E-state index in [1.54, 1.807) is 23.8 Å². The molecule has 6 heteroatoms. The summed E-state index contributed by atoms with van der Waals surface area (Å²) in [5.41, 5.74) is 1.91. The quantitative estimate of drug-likeness (QED) is 0.785. The van der Waals surface area contributed by atoms with Crippen LogP contribution < -0.4 is 10.1 Å². The van der Waals surface area contributed by atoms with Crippen molar-refractivity contribution in [1.82, 2.24) is 14.7 Å². The zero-order chi connectivity index (χ0) is 15.5. The maximum atomic E-state index is 12.5. The number of aryl methyl sites for hydroxylation is 1. The van der Waals surface area contributed by atoms with Crippen molar-refractivity contribution in [2.75, 3.05) is 7.11 Å². The van der Waals surface area contributed by atoms with Gasteiger partial charge in [-0.3, -0.25) is 9.20 Å². The number of ether oxygens (including phenoxy) is 1. The van der Waals surface area contributed by atoms with Gasteiger partial charge in [0.2, 0.25) is 0 Å². The minimum absolute atomic E-state index is 0.186. The molecule has 0 radical (unpaired) electrons. The summed E-state index contributed by atoms with van der Waals surface area (Å²) in [5.74, 6) is 1.16. The topological polar surface area (TPSA) is 68.8 Å². The van der Waals surface area contributed by atoms with Crippen LogP contribution >= 0.6 is 0 Å². The van der Waals surface area contributed by atoms with Crippen molar-refractivity contribution in [3.05, 3.63) is 53.9 Å². The molecule has 3 aromatic heterocycles. The Morgan fingerprint density at radius 1 is 1.41 bits per heavy atom. The second-order valence-corrected chi connectivity index (χ2v) is 4.79. The third kappa shape index (κ3) is 2.43. The summed E-state index contributed by atoms with van der Waals surface area (Å²) in [5, 5.41) is 2.86. The molecular weight excluding hydrogens is 282 g/mol. The Balaban J connectivity index is 1.96. The number of amides is 1. The molecule has 1 N–H and O–H groups in total. The smallest absolute Gasteiger partial charge is 0.270 e. The van der Waals surface area contributed by atoms with E-state index in [-0.39, 0.29) is 5.91 Å². The van der Waals surface area contributed by atoms with Crippen molar-refractivity contribution in [3.8, 4) is 5.75 Å². The van der Waals surface area contributed by atoms with Crippen molar-refractivity contribution < 1.29 is 13.9 Å². The molecule has 3 rings (SSSR count). The van der Waals surface area contributed by atoms with E-state index in [4.69, 9.17) is 9.15 Å². The first kappa shape index (κ1) is 14.2. The molecule has 0 aliphatic rings. The molecule has 0 saturated carbocycles. The fourth-order valence-electron chi connectivity index (χ4n) is 2.40. The monoisotopic (exact) mass is 299 g/mol. The number of nitrogens with one attached hydrogen (secondary N) is 1. The molecule has 0 aromatic carbocycles. The molecule has 22 heavy (non-hydrogen) atoms. The number of furan rings is 1. The largest absolute Gasteiger partial charge is 0.493 e. The molecule has 3 aromatic rings. The molecule has 0 unspecified atom stereocenters. The SMILES string of the molecule is CCc1nc2c(OC)cccn2c1C(=O)NCc1ccco1. The van der Waals surface area contributed by atoms with Crippen LogP contribution in [0.25, 0.3) is 5.65 Å². The van der Waals surface area contributed by atoms with Crippen molar-refractivity contribution in [1.29, 1.82) is 0 Å². The Kier molecular flexibility index (Phi) is 3.82. The third-order valence-electron chi connectivity index (χ3n) is 3.46.